The second kappa shape index (κ2) is 5.46. The van der Waals surface area contributed by atoms with Gasteiger partial charge in [-0.1, -0.05) is 0 Å². The van der Waals surface area contributed by atoms with Gasteiger partial charge in [0.1, 0.15) is 13.2 Å². The molecular formula is C15H18O6S. The van der Waals surface area contributed by atoms with Crippen LogP contribution < -0.4 is 9.47 Å². The van der Waals surface area contributed by atoms with E-state index in [0.717, 1.165) is 19.1 Å². The van der Waals surface area contributed by atoms with Crippen molar-refractivity contribution in [2.45, 2.75) is 30.1 Å². The van der Waals surface area contributed by atoms with E-state index < -0.39 is 15.8 Å². The predicted octanol–water partition coefficient (Wildman–Crippen LogP) is 1.83. The van der Waals surface area contributed by atoms with Crippen LogP contribution in [0.4, 0.5) is 0 Å². The second-order valence-corrected chi connectivity index (χ2v) is 7.83. The van der Waals surface area contributed by atoms with Crippen molar-refractivity contribution in [1.82, 2.24) is 0 Å². The van der Waals surface area contributed by atoms with Gasteiger partial charge in [-0.3, -0.25) is 4.79 Å². The Hall–Kier alpha value is -1.76. The summed E-state index contributed by atoms with van der Waals surface area (Å²) in [5.74, 6) is -0.117. The highest BCUT2D eigenvalue weighted by molar-refractivity contribution is 7.90. The van der Waals surface area contributed by atoms with Gasteiger partial charge in [0.05, 0.1) is 11.3 Å². The fourth-order valence-electron chi connectivity index (χ4n) is 2.91. The molecule has 7 heteroatoms. The van der Waals surface area contributed by atoms with Gasteiger partial charge in [-0.25, -0.2) is 8.42 Å². The molecule has 1 unspecified atom stereocenters. The third-order valence-electron chi connectivity index (χ3n) is 4.06. The van der Waals surface area contributed by atoms with Gasteiger partial charge in [0, 0.05) is 12.3 Å². The number of benzene rings is 1. The molecule has 0 amide bonds. The van der Waals surface area contributed by atoms with Crippen molar-refractivity contribution in [3.05, 3.63) is 17.7 Å². The molecule has 1 aromatic carbocycles. The fraction of sp³-hybridized carbons (Fsp3) is 0.533. The van der Waals surface area contributed by atoms with Crippen molar-refractivity contribution in [3.63, 3.8) is 0 Å². The van der Waals surface area contributed by atoms with Crippen molar-refractivity contribution < 1.29 is 27.8 Å². The smallest absolute Gasteiger partial charge is 0.303 e. The first kappa shape index (κ1) is 15.1. The number of hydrogen-bond acceptors (Lipinski definition) is 5. The maximum Gasteiger partial charge on any atom is 0.303 e. The highest BCUT2D eigenvalue weighted by atomic mass is 32.2. The van der Waals surface area contributed by atoms with Crippen molar-refractivity contribution in [2.75, 3.05) is 19.5 Å². The summed E-state index contributed by atoms with van der Waals surface area (Å²) in [6, 6.07) is 3.12. The van der Waals surface area contributed by atoms with Crippen molar-refractivity contribution in [2.24, 2.45) is 5.92 Å². The van der Waals surface area contributed by atoms with Gasteiger partial charge < -0.3 is 14.6 Å². The largest absolute Gasteiger partial charge is 0.486 e. The van der Waals surface area contributed by atoms with Crippen LogP contribution in [0.15, 0.2) is 17.0 Å². The number of sulfone groups is 1. The van der Waals surface area contributed by atoms with Crippen LogP contribution in [-0.2, 0) is 14.6 Å². The molecule has 0 spiro atoms. The lowest BCUT2D eigenvalue weighted by molar-refractivity contribution is -0.137. The number of hydrogen-bond donors (Lipinski definition) is 1. The maximum atomic E-state index is 12.1. The monoisotopic (exact) mass is 326 g/mol. The van der Waals surface area contributed by atoms with Gasteiger partial charge in [0.15, 0.2) is 21.3 Å². The van der Waals surface area contributed by atoms with Gasteiger partial charge >= 0.3 is 5.97 Å². The molecule has 1 aliphatic carbocycles. The zero-order chi connectivity index (χ0) is 15.9. The van der Waals surface area contributed by atoms with Crippen LogP contribution in [0, 0.1) is 5.92 Å². The molecule has 22 heavy (non-hydrogen) atoms. The molecule has 2 aliphatic rings. The van der Waals surface area contributed by atoms with Crippen molar-refractivity contribution >= 4 is 15.8 Å². The Morgan fingerprint density at radius 2 is 1.86 bits per heavy atom. The summed E-state index contributed by atoms with van der Waals surface area (Å²) < 4.78 is 35.2. The molecule has 120 valence electrons. The lowest BCUT2D eigenvalue weighted by Gasteiger charge is -2.24. The maximum absolute atomic E-state index is 12.1. The van der Waals surface area contributed by atoms with Gasteiger partial charge in [-0.05, 0) is 36.3 Å². The van der Waals surface area contributed by atoms with Crippen LogP contribution in [0.2, 0.25) is 0 Å². The quantitative estimate of drug-likeness (QED) is 0.888. The molecule has 1 heterocycles. The van der Waals surface area contributed by atoms with Crippen LogP contribution >= 0.6 is 0 Å². The van der Waals surface area contributed by atoms with Crippen LogP contribution in [-0.4, -0.2) is 39.0 Å². The second-order valence-electron chi connectivity index (χ2n) is 5.85. The number of fused-ring (bicyclic) bond motifs is 1. The fourth-order valence-corrected chi connectivity index (χ4v) is 3.87. The lowest BCUT2D eigenvalue weighted by Crippen LogP contribution is -2.18. The molecule has 0 radical (unpaired) electrons. The van der Waals surface area contributed by atoms with E-state index in [0.29, 0.717) is 30.3 Å². The first-order valence-corrected chi connectivity index (χ1v) is 9.11. The molecular weight excluding hydrogens is 308 g/mol. The number of rotatable bonds is 5. The van der Waals surface area contributed by atoms with E-state index in [1.165, 1.54) is 6.07 Å². The SMILES string of the molecule is CS(=O)(=O)c1cc2c(cc1C(CC(=O)O)C1CC1)OCCO2. The Kier molecular flexibility index (Phi) is 3.76. The van der Waals surface area contributed by atoms with Crippen LogP contribution in [0.3, 0.4) is 0 Å². The van der Waals surface area contributed by atoms with Crippen LogP contribution in [0.25, 0.3) is 0 Å². The highest BCUT2D eigenvalue weighted by Crippen LogP contribution is 2.48. The number of carboxylic acid groups (broad SMARTS) is 1. The standard InChI is InChI=1S/C15H18O6S/c1-22(18,19)14-8-13-12(20-4-5-21-13)6-11(14)10(7-15(16)17)9-2-3-9/h6,8-10H,2-5,7H2,1H3,(H,16,17). The molecule has 1 fully saturated rings. The molecule has 0 saturated heterocycles. The molecule has 1 atom stereocenters. The number of carbonyl (C=O) groups is 1. The van der Waals surface area contributed by atoms with Crippen LogP contribution in [0.5, 0.6) is 11.5 Å². The normalized spacial score (nSPS) is 18.8. The van der Waals surface area contributed by atoms with E-state index in [1.54, 1.807) is 6.07 Å². The topological polar surface area (TPSA) is 89.9 Å². The number of aliphatic carboxylic acids is 1. The van der Waals surface area contributed by atoms with E-state index in [-0.39, 0.29) is 23.2 Å². The van der Waals surface area contributed by atoms with E-state index >= 15 is 0 Å². The van der Waals surface area contributed by atoms with Crippen LogP contribution in [0.1, 0.15) is 30.7 Å². The Bertz CT molecular complexity index is 705. The molecule has 3 rings (SSSR count). The molecule has 6 nitrogen and oxygen atoms in total. The lowest BCUT2D eigenvalue weighted by atomic mass is 9.90. The summed E-state index contributed by atoms with van der Waals surface area (Å²) in [7, 11) is -3.48. The number of ether oxygens (including phenoxy) is 2. The number of carboxylic acids is 1. The minimum absolute atomic E-state index is 0.0766. The zero-order valence-corrected chi connectivity index (χ0v) is 13.1. The minimum atomic E-state index is -3.48. The Balaban J connectivity index is 2.12. The summed E-state index contributed by atoms with van der Waals surface area (Å²) in [5.41, 5.74) is 0.539. The third kappa shape index (κ3) is 3.04. The molecule has 0 aromatic heterocycles. The summed E-state index contributed by atoms with van der Waals surface area (Å²) in [5, 5.41) is 9.15. The van der Waals surface area contributed by atoms with Crippen molar-refractivity contribution in [3.8, 4) is 11.5 Å². The van der Waals surface area contributed by atoms with Gasteiger partial charge in [0.25, 0.3) is 0 Å². The van der Waals surface area contributed by atoms with E-state index in [9.17, 15) is 13.2 Å². The molecule has 1 aromatic rings. The Morgan fingerprint density at radius 3 is 2.36 bits per heavy atom. The molecule has 0 bridgehead atoms. The van der Waals surface area contributed by atoms with Gasteiger partial charge in [0.2, 0.25) is 0 Å². The molecule has 1 N–H and O–H groups in total. The minimum Gasteiger partial charge on any atom is -0.486 e. The van der Waals surface area contributed by atoms with Gasteiger partial charge in [-0.2, -0.15) is 0 Å². The third-order valence-corrected chi connectivity index (χ3v) is 5.21. The average molecular weight is 326 g/mol. The highest BCUT2D eigenvalue weighted by Gasteiger charge is 2.37. The summed E-state index contributed by atoms with van der Waals surface area (Å²) in [6.07, 6.45) is 2.91. The Labute approximate surface area is 129 Å². The Morgan fingerprint density at radius 1 is 1.27 bits per heavy atom. The zero-order valence-electron chi connectivity index (χ0n) is 12.2. The van der Waals surface area contributed by atoms with Gasteiger partial charge in [-0.15, -0.1) is 0 Å². The summed E-state index contributed by atoms with van der Waals surface area (Å²) in [6.45, 7) is 0.772. The first-order valence-electron chi connectivity index (χ1n) is 7.21. The van der Waals surface area contributed by atoms with E-state index in [2.05, 4.69) is 0 Å². The first-order chi connectivity index (χ1) is 10.4. The van der Waals surface area contributed by atoms with Crippen molar-refractivity contribution in [1.29, 1.82) is 0 Å². The summed E-state index contributed by atoms with van der Waals surface area (Å²) in [4.78, 5) is 11.3. The van der Waals surface area contributed by atoms with E-state index in [1.807, 2.05) is 0 Å². The molecule has 1 saturated carbocycles. The van der Waals surface area contributed by atoms with E-state index in [4.69, 9.17) is 14.6 Å². The average Bonchev–Trinajstić information content (AvgIpc) is 3.26. The molecule has 1 aliphatic heterocycles. The predicted molar refractivity (Wildman–Crippen MR) is 78.3 cm³/mol. The summed E-state index contributed by atoms with van der Waals surface area (Å²) >= 11 is 0.